The van der Waals surface area contributed by atoms with Crippen molar-refractivity contribution in [2.75, 3.05) is 6.61 Å². The summed E-state index contributed by atoms with van der Waals surface area (Å²) in [5.41, 5.74) is 4.96. The molecule has 1 aromatic rings. The van der Waals surface area contributed by atoms with Gasteiger partial charge in [-0.15, -0.1) is 0 Å². The highest BCUT2D eigenvalue weighted by molar-refractivity contribution is 5.28. The lowest BCUT2D eigenvalue weighted by atomic mass is 9.73. The number of hydrogen-bond donors (Lipinski definition) is 3. The van der Waals surface area contributed by atoms with Crippen LogP contribution in [0, 0.1) is 17.6 Å². The van der Waals surface area contributed by atoms with E-state index in [-0.39, 0.29) is 18.6 Å². The Balaban J connectivity index is 2.43. The molecule has 0 radical (unpaired) electrons. The highest BCUT2D eigenvalue weighted by Gasteiger charge is 2.46. The van der Waals surface area contributed by atoms with Gasteiger partial charge in [0.1, 0.15) is 11.6 Å². The number of rotatable bonds is 2. The number of aliphatic hydroxyl groups is 2. The molecular formula is C13H17F2NO3. The van der Waals surface area contributed by atoms with E-state index in [1.165, 1.54) is 13.0 Å². The highest BCUT2D eigenvalue weighted by atomic mass is 19.1. The van der Waals surface area contributed by atoms with E-state index in [1.807, 2.05) is 0 Å². The van der Waals surface area contributed by atoms with Crippen LogP contribution in [-0.2, 0) is 10.3 Å². The van der Waals surface area contributed by atoms with Crippen molar-refractivity contribution in [2.24, 2.45) is 11.7 Å². The van der Waals surface area contributed by atoms with E-state index in [9.17, 15) is 19.0 Å². The van der Waals surface area contributed by atoms with Crippen LogP contribution >= 0.6 is 0 Å². The van der Waals surface area contributed by atoms with Crippen LogP contribution in [0.4, 0.5) is 8.78 Å². The Bertz CT molecular complexity index is 469. The minimum absolute atomic E-state index is 0.0756. The maximum absolute atomic E-state index is 13.9. The lowest BCUT2D eigenvalue weighted by molar-refractivity contribution is -0.181. The zero-order valence-corrected chi connectivity index (χ0v) is 10.5. The standard InChI is InChI=1S/C13H17F2NO3/c1-7(17)10-5-12(18)19-6-13(10,16)9-3-2-8(14)4-11(9)15/h2-4,7,10,12,17-18H,5-6,16H2,1H3/t7-,10-,12+,13+/m0/s1. The minimum Gasteiger partial charge on any atom is -0.393 e. The Hall–Kier alpha value is -1.08. The summed E-state index contributed by atoms with van der Waals surface area (Å²) < 4.78 is 31.9. The summed E-state index contributed by atoms with van der Waals surface area (Å²) in [4.78, 5) is 0. The molecule has 19 heavy (non-hydrogen) atoms. The van der Waals surface area contributed by atoms with Gasteiger partial charge in [-0.1, -0.05) is 6.07 Å². The van der Waals surface area contributed by atoms with E-state index in [1.54, 1.807) is 0 Å². The van der Waals surface area contributed by atoms with E-state index in [0.29, 0.717) is 0 Å². The van der Waals surface area contributed by atoms with Crippen molar-refractivity contribution in [3.8, 4) is 0 Å². The first-order chi connectivity index (χ1) is 8.84. The zero-order valence-electron chi connectivity index (χ0n) is 10.5. The van der Waals surface area contributed by atoms with Crippen molar-refractivity contribution >= 4 is 0 Å². The minimum atomic E-state index is -1.30. The summed E-state index contributed by atoms with van der Waals surface area (Å²) in [6.45, 7) is 1.37. The molecule has 0 unspecified atom stereocenters. The third-order valence-corrected chi connectivity index (χ3v) is 3.65. The fourth-order valence-corrected chi connectivity index (χ4v) is 2.61. The number of hydrogen-bond acceptors (Lipinski definition) is 4. The summed E-state index contributed by atoms with van der Waals surface area (Å²) in [6, 6.07) is 3.10. The van der Waals surface area contributed by atoms with E-state index in [4.69, 9.17) is 10.5 Å². The fourth-order valence-electron chi connectivity index (χ4n) is 2.61. The molecule has 1 aliphatic heterocycles. The van der Waals surface area contributed by atoms with Crippen molar-refractivity contribution in [2.45, 2.75) is 31.3 Å². The van der Waals surface area contributed by atoms with Crippen LogP contribution in [0.5, 0.6) is 0 Å². The molecule has 1 heterocycles. The number of ether oxygens (including phenoxy) is 1. The van der Waals surface area contributed by atoms with Gasteiger partial charge in [-0.2, -0.15) is 0 Å². The normalized spacial score (nSPS) is 33.2. The first-order valence-electron chi connectivity index (χ1n) is 6.06. The molecule has 0 saturated carbocycles. The van der Waals surface area contributed by atoms with Gasteiger partial charge in [0.2, 0.25) is 0 Å². The van der Waals surface area contributed by atoms with Gasteiger partial charge in [0.15, 0.2) is 6.29 Å². The Labute approximate surface area is 109 Å². The molecular weight excluding hydrogens is 256 g/mol. The monoisotopic (exact) mass is 273 g/mol. The predicted molar refractivity (Wildman–Crippen MR) is 64.0 cm³/mol. The molecule has 1 aromatic carbocycles. The summed E-state index contributed by atoms with van der Waals surface area (Å²) in [6.07, 6.45) is -1.81. The fraction of sp³-hybridized carbons (Fsp3) is 0.538. The molecule has 106 valence electrons. The molecule has 0 aliphatic carbocycles. The molecule has 0 amide bonds. The average Bonchev–Trinajstić information content (AvgIpc) is 2.32. The Morgan fingerprint density at radius 1 is 1.47 bits per heavy atom. The zero-order chi connectivity index (χ0) is 14.2. The largest absolute Gasteiger partial charge is 0.393 e. The van der Waals surface area contributed by atoms with Gasteiger partial charge < -0.3 is 20.7 Å². The maximum Gasteiger partial charge on any atom is 0.155 e. The summed E-state index contributed by atoms with van der Waals surface area (Å²) in [5, 5.41) is 19.3. The molecule has 1 aliphatic rings. The van der Waals surface area contributed by atoms with E-state index in [2.05, 4.69) is 0 Å². The summed E-state index contributed by atoms with van der Waals surface area (Å²) in [5.74, 6) is -2.07. The molecule has 4 N–H and O–H groups in total. The van der Waals surface area contributed by atoms with Crippen molar-refractivity contribution in [3.05, 3.63) is 35.4 Å². The lowest BCUT2D eigenvalue weighted by Crippen LogP contribution is -2.57. The highest BCUT2D eigenvalue weighted by Crippen LogP contribution is 2.38. The number of benzene rings is 1. The van der Waals surface area contributed by atoms with Crippen LogP contribution in [0.3, 0.4) is 0 Å². The third kappa shape index (κ3) is 2.62. The smallest absolute Gasteiger partial charge is 0.155 e. The molecule has 2 rings (SSSR count). The van der Waals surface area contributed by atoms with Crippen LogP contribution in [0.25, 0.3) is 0 Å². The van der Waals surface area contributed by atoms with Crippen LogP contribution in [0.1, 0.15) is 18.9 Å². The molecule has 4 atom stereocenters. The van der Waals surface area contributed by atoms with Gasteiger partial charge in [-0.05, 0) is 13.0 Å². The first-order valence-corrected chi connectivity index (χ1v) is 6.06. The van der Waals surface area contributed by atoms with Crippen LogP contribution in [0.15, 0.2) is 18.2 Å². The second-order valence-corrected chi connectivity index (χ2v) is 5.01. The molecule has 1 fully saturated rings. The second-order valence-electron chi connectivity index (χ2n) is 5.01. The van der Waals surface area contributed by atoms with E-state index < -0.39 is 35.5 Å². The Morgan fingerprint density at radius 3 is 2.74 bits per heavy atom. The van der Waals surface area contributed by atoms with Gasteiger partial charge in [-0.25, -0.2) is 8.78 Å². The molecule has 0 spiro atoms. The maximum atomic E-state index is 13.9. The topological polar surface area (TPSA) is 75.7 Å². The Kier molecular flexibility index (Phi) is 3.87. The van der Waals surface area contributed by atoms with Crippen LogP contribution < -0.4 is 5.73 Å². The van der Waals surface area contributed by atoms with Crippen molar-refractivity contribution < 1.29 is 23.7 Å². The van der Waals surface area contributed by atoms with Gasteiger partial charge in [0.25, 0.3) is 0 Å². The van der Waals surface area contributed by atoms with Crippen molar-refractivity contribution in [3.63, 3.8) is 0 Å². The predicted octanol–water partition coefficient (Wildman–Crippen LogP) is 0.855. The third-order valence-electron chi connectivity index (χ3n) is 3.65. The van der Waals surface area contributed by atoms with Crippen molar-refractivity contribution in [1.29, 1.82) is 0 Å². The first kappa shape index (κ1) is 14.3. The SMILES string of the molecule is C[C@H](O)[C@@H]1C[C@H](O)OC[C@@]1(N)c1ccc(F)cc1F. The lowest BCUT2D eigenvalue weighted by Gasteiger charge is -2.44. The number of nitrogens with two attached hydrogens (primary N) is 1. The Morgan fingerprint density at radius 2 is 2.16 bits per heavy atom. The molecule has 1 saturated heterocycles. The van der Waals surface area contributed by atoms with Crippen molar-refractivity contribution in [1.82, 2.24) is 0 Å². The second kappa shape index (κ2) is 5.13. The number of halogens is 2. The quantitative estimate of drug-likeness (QED) is 0.747. The van der Waals surface area contributed by atoms with Gasteiger partial charge in [0, 0.05) is 24.0 Å². The van der Waals surface area contributed by atoms with Crippen LogP contribution in [0.2, 0.25) is 0 Å². The van der Waals surface area contributed by atoms with Gasteiger partial charge in [0.05, 0.1) is 18.2 Å². The van der Waals surface area contributed by atoms with E-state index in [0.717, 1.165) is 12.1 Å². The van der Waals surface area contributed by atoms with Crippen LogP contribution in [-0.4, -0.2) is 29.2 Å². The van der Waals surface area contributed by atoms with E-state index >= 15 is 0 Å². The summed E-state index contributed by atoms with van der Waals surface area (Å²) >= 11 is 0. The van der Waals surface area contributed by atoms with Gasteiger partial charge >= 0.3 is 0 Å². The van der Waals surface area contributed by atoms with Gasteiger partial charge in [-0.3, -0.25) is 0 Å². The molecule has 6 heteroatoms. The average molecular weight is 273 g/mol. The molecule has 0 bridgehead atoms. The molecule has 0 aromatic heterocycles. The molecule has 4 nitrogen and oxygen atoms in total. The summed E-state index contributed by atoms with van der Waals surface area (Å²) in [7, 11) is 0. The number of aliphatic hydroxyl groups excluding tert-OH is 2.